The lowest BCUT2D eigenvalue weighted by Crippen LogP contribution is -2.13. The second-order valence-corrected chi connectivity index (χ2v) is 8.32. The van der Waals surface area contributed by atoms with Gasteiger partial charge in [0.05, 0.1) is 0 Å². The average molecular weight is 373 g/mol. The van der Waals surface area contributed by atoms with E-state index in [9.17, 15) is 0 Å². The first-order valence-electron chi connectivity index (χ1n) is 10.0. The van der Waals surface area contributed by atoms with E-state index in [-0.39, 0.29) is 0 Å². The van der Waals surface area contributed by atoms with Crippen LogP contribution in [0.25, 0.3) is 16.7 Å². The molecule has 3 rings (SSSR count). The fraction of sp³-hybridized carbons (Fsp3) is 0.346. The Bertz CT molecular complexity index is 1020. The van der Waals surface area contributed by atoms with Gasteiger partial charge in [-0.1, -0.05) is 36.8 Å². The van der Waals surface area contributed by atoms with Crippen molar-refractivity contribution < 1.29 is 0 Å². The number of hydrogen-bond donors (Lipinski definition) is 1. The first-order chi connectivity index (χ1) is 13.2. The number of benzene rings is 2. The van der Waals surface area contributed by atoms with Crippen molar-refractivity contribution in [3.8, 4) is 11.1 Å². The summed E-state index contributed by atoms with van der Waals surface area (Å²) in [5, 5.41) is 8.34. The van der Waals surface area contributed by atoms with Crippen LogP contribution < -0.4 is 4.90 Å². The lowest BCUT2D eigenvalue weighted by molar-refractivity contribution is 0.974. The van der Waals surface area contributed by atoms with Crippen LogP contribution in [-0.4, -0.2) is 20.3 Å². The molecule has 0 radical (unpaired) electrons. The van der Waals surface area contributed by atoms with Gasteiger partial charge >= 0.3 is 0 Å². The zero-order chi connectivity index (χ0) is 20.7. The van der Waals surface area contributed by atoms with E-state index in [1.807, 2.05) is 0 Å². The van der Waals surface area contributed by atoms with Gasteiger partial charge in [0.1, 0.15) is 0 Å². The highest BCUT2D eigenvalue weighted by Gasteiger charge is 2.25. The highest BCUT2D eigenvalue weighted by Crippen LogP contribution is 2.44. The Labute approximate surface area is 170 Å². The van der Waals surface area contributed by atoms with Gasteiger partial charge in [0.25, 0.3) is 0 Å². The number of hydrogen-bond acceptors (Lipinski definition) is 2. The molecule has 0 spiro atoms. The van der Waals surface area contributed by atoms with Crippen molar-refractivity contribution >= 4 is 17.5 Å². The lowest BCUT2D eigenvalue weighted by Gasteiger charge is -2.25. The van der Waals surface area contributed by atoms with Crippen LogP contribution in [0.1, 0.15) is 48.6 Å². The van der Waals surface area contributed by atoms with Gasteiger partial charge in [0.2, 0.25) is 0 Å². The van der Waals surface area contributed by atoms with E-state index in [1.54, 1.807) is 6.21 Å². The number of allylic oxidation sites excluding steroid dienone is 4. The molecule has 1 atom stereocenters. The van der Waals surface area contributed by atoms with Crippen molar-refractivity contribution in [1.82, 2.24) is 0 Å². The van der Waals surface area contributed by atoms with Crippen LogP contribution in [0, 0.1) is 32.1 Å². The third-order valence-corrected chi connectivity index (χ3v) is 6.42. The minimum absolute atomic E-state index is 0.373. The summed E-state index contributed by atoms with van der Waals surface area (Å²) in [7, 11) is 4.16. The predicted molar refractivity (Wildman–Crippen MR) is 124 cm³/mol. The Morgan fingerprint density at radius 2 is 1.54 bits per heavy atom. The Morgan fingerprint density at radius 3 is 2.07 bits per heavy atom. The van der Waals surface area contributed by atoms with Crippen LogP contribution in [0.2, 0.25) is 0 Å². The molecule has 146 valence electrons. The van der Waals surface area contributed by atoms with E-state index in [4.69, 9.17) is 5.41 Å². The summed E-state index contributed by atoms with van der Waals surface area (Å²) in [4.78, 5) is 2.16. The summed E-state index contributed by atoms with van der Waals surface area (Å²) >= 11 is 0. The molecule has 0 bridgehead atoms. The molecular weight excluding hydrogens is 340 g/mol. The van der Waals surface area contributed by atoms with Gasteiger partial charge in [0, 0.05) is 43.0 Å². The van der Waals surface area contributed by atoms with Gasteiger partial charge in [-0.15, -0.1) is 0 Å². The highest BCUT2D eigenvalue weighted by molar-refractivity contribution is 6.02. The van der Waals surface area contributed by atoms with Gasteiger partial charge in [-0.2, -0.15) is 0 Å². The molecule has 28 heavy (non-hydrogen) atoms. The molecule has 1 aliphatic rings. The fourth-order valence-corrected chi connectivity index (χ4v) is 4.46. The summed E-state index contributed by atoms with van der Waals surface area (Å²) in [6, 6.07) is 8.84. The monoisotopic (exact) mass is 372 g/mol. The average Bonchev–Trinajstić information content (AvgIpc) is 2.90. The second kappa shape index (κ2) is 7.43. The van der Waals surface area contributed by atoms with Crippen molar-refractivity contribution in [3.05, 3.63) is 69.3 Å². The minimum Gasteiger partial charge on any atom is -0.377 e. The molecule has 2 heteroatoms. The van der Waals surface area contributed by atoms with Crippen LogP contribution in [0.15, 0.2) is 41.5 Å². The number of nitrogens with zero attached hydrogens (tertiary/aromatic N) is 1. The molecule has 0 aromatic heterocycles. The molecule has 2 aromatic rings. The summed E-state index contributed by atoms with van der Waals surface area (Å²) in [6.45, 7) is 13.2. The van der Waals surface area contributed by atoms with E-state index in [2.05, 4.69) is 90.9 Å². The van der Waals surface area contributed by atoms with Crippen molar-refractivity contribution in [1.29, 1.82) is 5.41 Å². The van der Waals surface area contributed by atoms with Crippen LogP contribution in [0.3, 0.4) is 0 Å². The normalized spacial score (nSPS) is 16.4. The second-order valence-electron chi connectivity index (χ2n) is 8.32. The van der Waals surface area contributed by atoms with Gasteiger partial charge in [-0.3, -0.25) is 0 Å². The number of rotatable bonds is 4. The summed E-state index contributed by atoms with van der Waals surface area (Å²) in [6.07, 6.45) is 3.88. The molecule has 0 amide bonds. The zero-order valence-electron chi connectivity index (χ0n) is 18.5. The Balaban J connectivity index is 2.40. The molecule has 0 aliphatic heterocycles. The van der Waals surface area contributed by atoms with Crippen molar-refractivity contribution in [2.75, 3.05) is 19.0 Å². The third kappa shape index (κ3) is 3.11. The van der Waals surface area contributed by atoms with Crippen molar-refractivity contribution in [2.24, 2.45) is 5.92 Å². The molecule has 0 saturated carbocycles. The SMILES string of the molecule is CC1=CC(C)C(c2ccc(N(C)C)c(-c3ccc(C)c(C)c3C)c2C=N)=C1C. The number of anilines is 1. The summed E-state index contributed by atoms with van der Waals surface area (Å²) in [5.74, 6) is 0.373. The van der Waals surface area contributed by atoms with E-state index in [1.165, 1.54) is 44.5 Å². The predicted octanol–water partition coefficient (Wildman–Crippen LogP) is 6.71. The summed E-state index contributed by atoms with van der Waals surface area (Å²) < 4.78 is 0. The Kier molecular flexibility index (Phi) is 5.34. The maximum atomic E-state index is 8.34. The minimum atomic E-state index is 0.373. The zero-order valence-corrected chi connectivity index (χ0v) is 18.5. The van der Waals surface area contributed by atoms with E-state index >= 15 is 0 Å². The van der Waals surface area contributed by atoms with Gasteiger partial charge in [-0.05, 0) is 79.6 Å². The summed E-state index contributed by atoms with van der Waals surface area (Å²) in [5.41, 5.74) is 13.7. The number of nitrogens with one attached hydrogen (secondary N) is 1. The van der Waals surface area contributed by atoms with Gasteiger partial charge in [-0.25, -0.2) is 0 Å². The molecule has 1 aliphatic carbocycles. The van der Waals surface area contributed by atoms with Gasteiger partial charge < -0.3 is 10.3 Å². The van der Waals surface area contributed by atoms with E-state index < -0.39 is 0 Å². The largest absolute Gasteiger partial charge is 0.377 e. The van der Waals surface area contributed by atoms with E-state index in [0.29, 0.717) is 5.92 Å². The standard InChI is InChI=1S/C26H32N2/c1-15-9-10-21(20(6)18(15)4)26-23(14-27)22(11-12-24(26)28(7)8)25-17(3)13-16(2)19(25)5/h9-14,17,27H,1-8H3. The number of aryl methyl sites for hydroxylation is 1. The molecule has 1 unspecified atom stereocenters. The molecule has 0 saturated heterocycles. The molecule has 1 N–H and O–H groups in total. The van der Waals surface area contributed by atoms with Crippen molar-refractivity contribution in [3.63, 3.8) is 0 Å². The smallest absolute Gasteiger partial charge is 0.0447 e. The highest BCUT2D eigenvalue weighted by atomic mass is 15.1. The van der Waals surface area contributed by atoms with E-state index in [0.717, 1.165) is 16.8 Å². The maximum absolute atomic E-state index is 8.34. The van der Waals surface area contributed by atoms with Crippen LogP contribution in [0.5, 0.6) is 0 Å². The first-order valence-corrected chi connectivity index (χ1v) is 10.0. The molecule has 2 nitrogen and oxygen atoms in total. The maximum Gasteiger partial charge on any atom is 0.0447 e. The fourth-order valence-electron chi connectivity index (χ4n) is 4.46. The molecule has 2 aromatic carbocycles. The molecular formula is C26H32N2. The topological polar surface area (TPSA) is 27.1 Å². The molecule has 0 heterocycles. The molecule has 0 fully saturated rings. The first kappa shape index (κ1) is 20.1. The van der Waals surface area contributed by atoms with Crippen LogP contribution in [0.4, 0.5) is 5.69 Å². The van der Waals surface area contributed by atoms with Crippen LogP contribution >= 0.6 is 0 Å². The lowest BCUT2D eigenvalue weighted by atomic mass is 9.84. The van der Waals surface area contributed by atoms with Gasteiger partial charge in [0.15, 0.2) is 0 Å². The Hall–Kier alpha value is -2.61. The third-order valence-electron chi connectivity index (χ3n) is 6.42. The van der Waals surface area contributed by atoms with Crippen LogP contribution in [-0.2, 0) is 0 Å². The van der Waals surface area contributed by atoms with Crippen molar-refractivity contribution in [2.45, 2.75) is 41.5 Å². The Morgan fingerprint density at radius 1 is 0.893 bits per heavy atom. The quantitative estimate of drug-likeness (QED) is 0.593.